The summed E-state index contributed by atoms with van der Waals surface area (Å²) in [7, 11) is 1.59. The lowest BCUT2D eigenvalue weighted by Gasteiger charge is -2.32. The number of hydrogen-bond acceptors (Lipinski definition) is 4. The van der Waals surface area contributed by atoms with Gasteiger partial charge < -0.3 is 20.3 Å². The number of nitrogens with two attached hydrogens (primary N) is 1. The van der Waals surface area contributed by atoms with E-state index in [1.807, 2.05) is 30.0 Å². The van der Waals surface area contributed by atoms with Gasteiger partial charge in [-0.1, -0.05) is 6.07 Å². The van der Waals surface area contributed by atoms with Crippen LogP contribution in [-0.4, -0.2) is 49.5 Å². The number of rotatable bonds is 3. The van der Waals surface area contributed by atoms with Crippen LogP contribution in [0.1, 0.15) is 24.8 Å². The monoisotopic (exact) mass is 367 g/mol. The van der Waals surface area contributed by atoms with Crippen LogP contribution in [0, 0.1) is 12.8 Å². The zero-order valence-electron chi connectivity index (χ0n) is 14.7. The van der Waals surface area contributed by atoms with Crippen LogP contribution in [0.2, 0.25) is 0 Å². The fourth-order valence-corrected chi connectivity index (χ4v) is 3.59. The molecule has 2 aliphatic heterocycles. The van der Waals surface area contributed by atoms with Crippen LogP contribution in [0.5, 0.6) is 5.75 Å². The average molecular weight is 368 g/mol. The summed E-state index contributed by atoms with van der Waals surface area (Å²) >= 11 is 0. The molecule has 2 N–H and O–H groups in total. The standard InChI is InChI=1S/C18H25N3O3.ClH/c1-12-5-6-16(24-2)15(8-12)21-10-13(9-17(21)22)18(23)20-7-3-4-14(19)11-20;/h5-6,8,13-14H,3-4,7,9-11,19H2,1-2H3;1H. The molecular weight excluding hydrogens is 342 g/mol. The topological polar surface area (TPSA) is 75.9 Å². The van der Waals surface area contributed by atoms with E-state index in [1.54, 1.807) is 12.0 Å². The highest BCUT2D eigenvalue weighted by Gasteiger charge is 2.38. The number of hydrogen-bond donors (Lipinski definition) is 1. The summed E-state index contributed by atoms with van der Waals surface area (Å²) in [5.41, 5.74) is 7.77. The molecule has 2 aliphatic rings. The number of methoxy groups -OCH3 is 1. The Morgan fingerprint density at radius 1 is 1.32 bits per heavy atom. The summed E-state index contributed by atoms with van der Waals surface area (Å²) < 4.78 is 5.38. The van der Waals surface area contributed by atoms with E-state index < -0.39 is 0 Å². The molecular formula is C18H26ClN3O3. The van der Waals surface area contributed by atoms with Crippen LogP contribution in [0.25, 0.3) is 0 Å². The first-order valence-corrected chi connectivity index (χ1v) is 8.49. The molecule has 1 aromatic rings. The maximum absolute atomic E-state index is 12.7. The molecule has 2 saturated heterocycles. The number of piperidine rings is 1. The zero-order valence-corrected chi connectivity index (χ0v) is 15.6. The molecule has 25 heavy (non-hydrogen) atoms. The highest BCUT2D eigenvalue weighted by atomic mass is 35.5. The summed E-state index contributed by atoms with van der Waals surface area (Å²) in [6, 6.07) is 5.78. The van der Waals surface area contributed by atoms with Crippen LogP contribution < -0.4 is 15.4 Å². The normalized spacial score (nSPS) is 23.4. The van der Waals surface area contributed by atoms with Crippen molar-refractivity contribution in [2.45, 2.75) is 32.2 Å². The number of nitrogens with zero attached hydrogens (tertiary/aromatic N) is 2. The molecule has 2 atom stereocenters. The third kappa shape index (κ3) is 4.07. The van der Waals surface area contributed by atoms with Crippen molar-refractivity contribution in [1.29, 1.82) is 0 Å². The number of ether oxygens (including phenoxy) is 1. The first-order chi connectivity index (χ1) is 11.5. The molecule has 2 unspecified atom stereocenters. The van der Waals surface area contributed by atoms with E-state index in [-0.39, 0.29) is 42.6 Å². The molecule has 0 aliphatic carbocycles. The second kappa shape index (κ2) is 8.06. The minimum atomic E-state index is -0.298. The van der Waals surface area contributed by atoms with E-state index in [1.165, 1.54) is 0 Å². The van der Waals surface area contributed by atoms with Crippen molar-refractivity contribution in [2.75, 3.05) is 31.6 Å². The van der Waals surface area contributed by atoms with Crippen LogP contribution >= 0.6 is 12.4 Å². The lowest BCUT2D eigenvalue weighted by atomic mass is 10.0. The second-order valence-electron chi connectivity index (χ2n) is 6.77. The molecule has 2 fully saturated rings. The van der Waals surface area contributed by atoms with E-state index in [0.29, 0.717) is 18.8 Å². The lowest BCUT2D eigenvalue weighted by Crippen LogP contribution is -2.48. The summed E-state index contributed by atoms with van der Waals surface area (Å²) in [6.45, 7) is 3.72. The number of likely N-dealkylation sites (tertiary alicyclic amines) is 1. The van der Waals surface area contributed by atoms with Gasteiger partial charge in [-0.05, 0) is 37.5 Å². The van der Waals surface area contributed by atoms with E-state index in [2.05, 4.69) is 0 Å². The molecule has 6 nitrogen and oxygen atoms in total. The van der Waals surface area contributed by atoms with Gasteiger partial charge in [0.2, 0.25) is 11.8 Å². The maximum atomic E-state index is 12.7. The average Bonchev–Trinajstić information content (AvgIpc) is 2.95. The van der Waals surface area contributed by atoms with Gasteiger partial charge in [0.15, 0.2) is 0 Å². The number of carbonyl (C=O) groups is 2. The highest BCUT2D eigenvalue weighted by Crippen LogP contribution is 2.34. The van der Waals surface area contributed by atoms with E-state index in [0.717, 1.165) is 30.6 Å². The van der Waals surface area contributed by atoms with Crippen LogP contribution in [0.15, 0.2) is 18.2 Å². The number of benzene rings is 1. The van der Waals surface area contributed by atoms with Gasteiger partial charge >= 0.3 is 0 Å². The molecule has 138 valence electrons. The minimum absolute atomic E-state index is 0. The molecule has 1 aromatic carbocycles. The molecule has 0 radical (unpaired) electrons. The molecule has 3 rings (SSSR count). The minimum Gasteiger partial charge on any atom is -0.495 e. The van der Waals surface area contributed by atoms with Gasteiger partial charge in [-0.25, -0.2) is 0 Å². The van der Waals surface area contributed by atoms with Crippen LogP contribution in [0.4, 0.5) is 5.69 Å². The molecule has 0 bridgehead atoms. The quantitative estimate of drug-likeness (QED) is 0.882. The largest absolute Gasteiger partial charge is 0.495 e. The first kappa shape index (κ1) is 19.5. The fraction of sp³-hybridized carbons (Fsp3) is 0.556. The zero-order chi connectivity index (χ0) is 17.3. The lowest BCUT2D eigenvalue weighted by molar-refractivity contribution is -0.136. The Bertz CT molecular complexity index is 652. The van der Waals surface area contributed by atoms with Crippen molar-refractivity contribution in [3.63, 3.8) is 0 Å². The smallest absolute Gasteiger partial charge is 0.228 e. The van der Waals surface area contributed by atoms with Gasteiger partial charge in [0.1, 0.15) is 5.75 Å². The summed E-state index contributed by atoms with van der Waals surface area (Å²) in [5, 5.41) is 0. The van der Waals surface area contributed by atoms with E-state index in [9.17, 15) is 9.59 Å². The van der Waals surface area contributed by atoms with Crippen molar-refractivity contribution >= 4 is 29.9 Å². The van der Waals surface area contributed by atoms with Gasteiger partial charge in [0.05, 0.1) is 18.7 Å². The predicted octanol–water partition coefficient (Wildman–Crippen LogP) is 1.73. The Balaban J connectivity index is 0.00000225. The SMILES string of the molecule is COc1ccc(C)cc1N1CC(C(=O)N2CCCC(N)C2)CC1=O.Cl. The Morgan fingerprint density at radius 2 is 2.08 bits per heavy atom. The Hall–Kier alpha value is -1.79. The van der Waals surface area contributed by atoms with Crippen molar-refractivity contribution in [3.8, 4) is 5.75 Å². The predicted molar refractivity (Wildman–Crippen MR) is 99.2 cm³/mol. The van der Waals surface area contributed by atoms with E-state index in [4.69, 9.17) is 10.5 Å². The summed E-state index contributed by atoms with van der Waals surface area (Å²) in [4.78, 5) is 28.7. The highest BCUT2D eigenvalue weighted by molar-refractivity contribution is 6.01. The molecule has 2 amide bonds. The number of aryl methyl sites for hydroxylation is 1. The number of halogens is 1. The fourth-order valence-electron chi connectivity index (χ4n) is 3.59. The van der Waals surface area contributed by atoms with Crippen molar-refractivity contribution in [1.82, 2.24) is 4.90 Å². The van der Waals surface area contributed by atoms with Crippen LogP contribution in [0.3, 0.4) is 0 Å². The third-order valence-corrected chi connectivity index (χ3v) is 4.87. The number of carbonyl (C=O) groups excluding carboxylic acids is 2. The molecule has 7 heteroatoms. The van der Waals surface area contributed by atoms with E-state index >= 15 is 0 Å². The van der Waals surface area contributed by atoms with Crippen molar-refractivity contribution < 1.29 is 14.3 Å². The molecule has 0 saturated carbocycles. The summed E-state index contributed by atoms with van der Waals surface area (Å²) in [5.74, 6) is 0.376. The van der Waals surface area contributed by atoms with Gasteiger partial charge in [-0.2, -0.15) is 0 Å². The van der Waals surface area contributed by atoms with Gasteiger partial charge in [-0.15, -0.1) is 12.4 Å². The first-order valence-electron chi connectivity index (χ1n) is 8.49. The van der Waals surface area contributed by atoms with Crippen LogP contribution in [-0.2, 0) is 9.59 Å². The van der Waals surface area contributed by atoms with Crippen molar-refractivity contribution in [3.05, 3.63) is 23.8 Å². The Kier molecular flexibility index (Phi) is 6.30. The van der Waals surface area contributed by atoms with Crippen molar-refractivity contribution in [2.24, 2.45) is 11.7 Å². The third-order valence-electron chi connectivity index (χ3n) is 4.87. The van der Waals surface area contributed by atoms with Gasteiger partial charge in [0.25, 0.3) is 0 Å². The molecule has 0 aromatic heterocycles. The second-order valence-corrected chi connectivity index (χ2v) is 6.77. The number of anilines is 1. The Labute approximate surface area is 154 Å². The molecule has 0 spiro atoms. The molecule has 2 heterocycles. The number of amides is 2. The van der Waals surface area contributed by atoms with Gasteiger partial charge in [0, 0.05) is 32.1 Å². The van der Waals surface area contributed by atoms with Gasteiger partial charge in [-0.3, -0.25) is 9.59 Å². The summed E-state index contributed by atoms with van der Waals surface area (Å²) in [6.07, 6.45) is 2.14. The Morgan fingerprint density at radius 3 is 2.76 bits per heavy atom. The maximum Gasteiger partial charge on any atom is 0.228 e.